The summed E-state index contributed by atoms with van der Waals surface area (Å²) in [6.45, 7) is 4.06. The first-order valence-corrected chi connectivity index (χ1v) is 8.30. The van der Waals surface area contributed by atoms with Gasteiger partial charge < -0.3 is 4.74 Å². The molecule has 0 N–H and O–H groups in total. The summed E-state index contributed by atoms with van der Waals surface area (Å²) in [7, 11) is -0.610. The highest BCUT2D eigenvalue weighted by molar-refractivity contribution is 7.89. The predicted octanol–water partition coefficient (Wildman–Crippen LogP) is 2.53. The topological polar surface area (TPSA) is 59.5 Å². The van der Waals surface area contributed by atoms with E-state index in [1.54, 1.807) is 37.6 Å². The molecule has 1 aromatic heterocycles. The van der Waals surface area contributed by atoms with E-state index in [9.17, 15) is 8.42 Å². The fourth-order valence-electron chi connectivity index (χ4n) is 2.13. The average molecular weight is 320 g/mol. The van der Waals surface area contributed by atoms with Crippen molar-refractivity contribution in [2.24, 2.45) is 0 Å². The highest BCUT2D eigenvalue weighted by Crippen LogP contribution is 2.29. The molecule has 6 heteroatoms. The summed E-state index contributed by atoms with van der Waals surface area (Å²) < 4.78 is 32.2. The predicted molar refractivity (Wildman–Crippen MR) is 85.4 cm³/mol. The van der Waals surface area contributed by atoms with E-state index in [-0.39, 0.29) is 11.4 Å². The molecule has 0 aliphatic carbocycles. The third-order valence-corrected chi connectivity index (χ3v) is 5.42. The van der Waals surface area contributed by atoms with E-state index in [0.29, 0.717) is 5.75 Å². The Bertz CT molecular complexity index is 758. The molecule has 0 atom stereocenters. The van der Waals surface area contributed by atoms with Crippen LogP contribution in [0.5, 0.6) is 5.75 Å². The Morgan fingerprint density at radius 1 is 1.23 bits per heavy atom. The Hall–Kier alpha value is -1.92. The minimum atomic E-state index is -3.64. The number of methoxy groups -OCH3 is 1. The van der Waals surface area contributed by atoms with Gasteiger partial charge in [0.25, 0.3) is 0 Å². The van der Waals surface area contributed by atoms with Crippen LogP contribution in [0, 0.1) is 13.8 Å². The Morgan fingerprint density at radius 2 is 1.91 bits per heavy atom. The van der Waals surface area contributed by atoms with Crippen molar-refractivity contribution >= 4 is 10.0 Å². The van der Waals surface area contributed by atoms with Crippen molar-refractivity contribution < 1.29 is 13.2 Å². The first-order valence-electron chi connectivity index (χ1n) is 6.86. The van der Waals surface area contributed by atoms with Gasteiger partial charge in [-0.2, -0.15) is 4.31 Å². The fourth-order valence-corrected chi connectivity index (χ4v) is 3.50. The van der Waals surface area contributed by atoms with Gasteiger partial charge in [-0.05, 0) is 48.7 Å². The van der Waals surface area contributed by atoms with Crippen molar-refractivity contribution in [3.8, 4) is 5.75 Å². The maximum atomic E-state index is 12.8. The summed E-state index contributed by atoms with van der Waals surface area (Å²) in [5.41, 5.74) is 2.73. The molecule has 0 amide bonds. The van der Waals surface area contributed by atoms with Gasteiger partial charge in [0.05, 0.1) is 7.11 Å². The van der Waals surface area contributed by atoms with E-state index in [0.717, 1.165) is 16.7 Å². The molecule has 1 aromatic carbocycles. The normalized spacial score (nSPS) is 11.7. The Kier molecular flexibility index (Phi) is 4.83. The molecule has 0 bridgehead atoms. The summed E-state index contributed by atoms with van der Waals surface area (Å²) in [4.78, 5) is 4.19. The summed E-state index contributed by atoms with van der Waals surface area (Å²) in [5, 5.41) is 0. The van der Waals surface area contributed by atoms with Gasteiger partial charge in [0.15, 0.2) is 0 Å². The third-order valence-electron chi connectivity index (χ3n) is 3.60. The maximum Gasteiger partial charge on any atom is 0.246 e. The van der Waals surface area contributed by atoms with Gasteiger partial charge in [-0.25, -0.2) is 8.42 Å². The number of nitrogens with zero attached hydrogens (tertiary/aromatic N) is 2. The Morgan fingerprint density at radius 3 is 2.50 bits per heavy atom. The van der Waals surface area contributed by atoms with Gasteiger partial charge in [-0.15, -0.1) is 0 Å². The van der Waals surface area contributed by atoms with Crippen LogP contribution in [0.2, 0.25) is 0 Å². The molecule has 22 heavy (non-hydrogen) atoms. The molecular formula is C16H20N2O3S. The molecule has 5 nitrogen and oxygen atoms in total. The number of rotatable bonds is 5. The quantitative estimate of drug-likeness (QED) is 0.849. The van der Waals surface area contributed by atoms with E-state index >= 15 is 0 Å². The lowest BCUT2D eigenvalue weighted by Gasteiger charge is -2.20. The average Bonchev–Trinajstić information content (AvgIpc) is 2.50. The number of pyridine rings is 1. The Balaban J connectivity index is 2.40. The smallest absolute Gasteiger partial charge is 0.246 e. The third kappa shape index (κ3) is 3.28. The lowest BCUT2D eigenvalue weighted by atomic mass is 10.1. The summed E-state index contributed by atoms with van der Waals surface area (Å²) in [6.07, 6.45) is 3.31. The largest absolute Gasteiger partial charge is 0.495 e. The number of ether oxygens (including phenoxy) is 1. The highest BCUT2D eigenvalue weighted by atomic mass is 32.2. The number of hydrogen-bond acceptors (Lipinski definition) is 4. The van der Waals surface area contributed by atoms with Gasteiger partial charge in [-0.3, -0.25) is 4.98 Å². The van der Waals surface area contributed by atoms with E-state index in [4.69, 9.17) is 4.74 Å². The molecule has 0 fully saturated rings. The summed E-state index contributed by atoms with van der Waals surface area (Å²) in [5.74, 6) is 0.362. The minimum Gasteiger partial charge on any atom is -0.495 e. The van der Waals surface area contributed by atoms with Crippen molar-refractivity contribution in [1.82, 2.24) is 9.29 Å². The molecule has 1 heterocycles. The van der Waals surface area contributed by atoms with Gasteiger partial charge in [0.2, 0.25) is 10.0 Å². The standard InChI is InChI=1S/C16H20N2O3S/c1-12-8-15(21-4)16(9-13(12)2)22(19,20)18(3)11-14-6-5-7-17-10-14/h5-10H,11H2,1-4H3. The molecule has 2 rings (SSSR count). The second-order valence-electron chi connectivity index (χ2n) is 5.21. The molecule has 0 aliphatic rings. The molecule has 0 saturated heterocycles. The van der Waals surface area contributed by atoms with E-state index < -0.39 is 10.0 Å². The van der Waals surface area contributed by atoms with Crippen LogP contribution in [0.1, 0.15) is 16.7 Å². The van der Waals surface area contributed by atoms with E-state index in [2.05, 4.69) is 4.98 Å². The van der Waals surface area contributed by atoms with Crippen LogP contribution in [0.3, 0.4) is 0 Å². The number of sulfonamides is 1. The van der Waals surface area contributed by atoms with Crippen molar-refractivity contribution in [3.05, 3.63) is 53.3 Å². The zero-order chi connectivity index (χ0) is 16.3. The van der Waals surface area contributed by atoms with E-state index in [1.165, 1.54) is 11.4 Å². The second-order valence-corrected chi connectivity index (χ2v) is 7.22. The molecular weight excluding hydrogens is 300 g/mol. The zero-order valence-electron chi connectivity index (χ0n) is 13.2. The van der Waals surface area contributed by atoms with Crippen LogP contribution in [0.25, 0.3) is 0 Å². The van der Waals surface area contributed by atoms with Crippen LogP contribution in [-0.4, -0.2) is 31.9 Å². The number of benzene rings is 1. The van der Waals surface area contributed by atoms with Crippen LogP contribution < -0.4 is 4.74 Å². The van der Waals surface area contributed by atoms with Crippen LogP contribution in [-0.2, 0) is 16.6 Å². The van der Waals surface area contributed by atoms with Crippen molar-refractivity contribution in [1.29, 1.82) is 0 Å². The van der Waals surface area contributed by atoms with Crippen molar-refractivity contribution in [2.75, 3.05) is 14.2 Å². The van der Waals surface area contributed by atoms with Crippen molar-refractivity contribution in [2.45, 2.75) is 25.3 Å². The minimum absolute atomic E-state index is 0.185. The monoisotopic (exact) mass is 320 g/mol. The molecule has 0 aliphatic heterocycles. The summed E-state index contributed by atoms with van der Waals surface area (Å²) >= 11 is 0. The van der Waals surface area contributed by atoms with Gasteiger partial charge in [-0.1, -0.05) is 6.07 Å². The molecule has 0 radical (unpaired) electrons. The first kappa shape index (κ1) is 16.5. The van der Waals surface area contributed by atoms with Gasteiger partial charge in [0, 0.05) is 26.0 Å². The van der Waals surface area contributed by atoms with Crippen LogP contribution >= 0.6 is 0 Å². The fraction of sp³-hybridized carbons (Fsp3) is 0.312. The first-order chi connectivity index (χ1) is 10.4. The SMILES string of the molecule is COc1cc(C)c(C)cc1S(=O)(=O)N(C)Cc1cccnc1. The number of aromatic nitrogens is 1. The molecule has 0 saturated carbocycles. The second kappa shape index (κ2) is 6.46. The van der Waals surface area contributed by atoms with Gasteiger partial charge in [0.1, 0.15) is 10.6 Å². The highest BCUT2D eigenvalue weighted by Gasteiger charge is 2.25. The van der Waals surface area contributed by atoms with Crippen molar-refractivity contribution in [3.63, 3.8) is 0 Å². The zero-order valence-corrected chi connectivity index (χ0v) is 14.0. The Labute approximate surface area is 131 Å². The number of aryl methyl sites for hydroxylation is 2. The van der Waals surface area contributed by atoms with E-state index in [1.807, 2.05) is 19.9 Å². The maximum absolute atomic E-state index is 12.8. The molecule has 118 valence electrons. The molecule has 2 aromatic rings. The summed E-state index contributed by atoms with van der Waals surface area (Å²) in [6, 6.07) is 7.03. The lowest BCUT2D eigenvalue weighted by molar-refractivity contribution is 0.397. The molecule has 0 spiro atoms. The molecule has 0 unspecified atom stereocenters. The lowest BCUT2D eigenvalue weighted by Crippen LogP contribution is -2.27. The van der Waals surface area contributed by atoms with Crippen LogP contribution in [0.15, 0.2) is 41.6 Å². The van der Waals surface area contributed by atoms with Crippen LogP contribution in [0.4, 0.5) is 0 Å². The number of hydrogen-bond donors (Lipinski definition) is 0. The van der Waals surface area contributed by atoms with Gasteiger partial charge >= 0.3 is 0 Å².